The van der Waals surface area contributed by atoms with E-state index in [0.29, 0.717) is 5.92 Å². The molecule has 0 spiro atoms. The zero-order valence-corrected chi connectivity index (χ0v) is 11.6. The second-order valence-corrected chi connectivity index (χ2v) is 5.61. The van der Waals surface area contributed by atoms with Crippen molar-refractivity contribution in [3.63, 3.8) is 0 Å². The molecule has 1 unspecified atom stereocenters. The predicted octanol–water partition coefficient (Wildman–Crippen LogP) is 1.32. The quantitative estimate of drug-likeness (QED) is 0.870. The molecule has 4 nitrogen and oxygen atoms in total. The molecule has 1 aromatic rings. The summed E-state index contributed by atoms with van der Waals surface area (Å²) in [5, 5.41) is 3.25. The van der Waals surface area contributed by atoms with Crippen LogP contribution in [0.15, 0.2) is 24.3 Å². The molecule has 1 fully saturated rings. The number of fused-ring (bicyclic) bond motifs is 1. The molecule has 1 amide bonds. The molecule has 0 radical (unpaired) electrons. The van der Waals surface area contributed by atoms with Crippen LogP contribution in [0.1, 0.15) is 6.92 Å². The van der Waals surface area contributed by atoms with Crippen molar-refractivity contribution in [2.45, 2.75) is 6.92 Å². The van der Waals surface area contributed by atoms with Gasteiger partial charge in [-0.25, -0.2) is 0 Å². The third-order valence-electron chi connectivity index (χ3n) is 4.42. The number of amides is 1. The van der Waals surface area contributed by atoms with E-state index in [1.807, 2.05) is 17.0 Å². The number of nitrogens with one attached hydrogen (secondary N) is 1. The number of likely N-dealkylation sites (N-methyl/N-ethyl adjacent to an activating group) is 1. The molecular weight excluding hydrogens is 238 g/mol. The Balaban J connectivity index is 1.85. The van der Waals surface area contributed by atoms with Crippen LogP contribution in [0, 0.1) is 11.8 Å². The molecule has 0 bridgehead atoms. The first kappa shape index (κ1) is 12.5. The fourth-order valence-corrected chi connectivity index (χ4v) is 2.85. The number of nitrogens with zero attached hydrogens (tertiary/aromatic N) is 2. The minimum Gasteiger partial charge on any atom is -0.371 e. The van der Waals surface area contributed by atoms with Gasteiger partial charge in [0.2, 0.25) is 5.91 Å². The summed E-state index contributed by atoms with van der Waals surface area (Å²) in [5.41, 5.74) is 2.21. The van der Waals surface area contributed by atoms with E-state index in [1.165, 1.54) is 0 Å². The Bertz CT molecular complexity index is 484. The molecule has 1 atom stereocenters. The molecule has 0 saturated carbocycles. The van der Waals surface area contributed by atoms with E-state index >= 15 is 0 Å². The number of hydrogen-bond acceptors (Lipinski definition) is 3. The van der Waals surface area contributed by atoms with Gasteiger partial charge in [-0.2, -0.15) is 0 Å². The van der Waals surface area contributed by atoms with Gasteiger partial charge >= 0.3 is 0 Å². The van der Waals surface area contributed by atoms with E-state index in [9.17, 15) is 4.79 Å². The van der Waals surface area contributed by atoms with E-state index in [1.54, 1.807) is 0 Å². The molecule has 3 rings (SSSR count). The first-order valence-electron chi connectivity index (χ1n) is 7.00. The Morgan fingerprint density at radius 3 is 2.58 bits per heavy atom. The summed E-state index contributed by atoms with van der Waals surface area (Å²) in [6, 6.07) is 8.18. The first-order valence-corrected chi connectivity index (χ1v) is 7.00. The van der Waals surface area contributed by atoms with Gasteiger partial charge in [0.15, 0.2) is 0 Å². The lowest BCUT2D eigenvalue weighted by molar-refractivity contribution is -0.124. The van der Waals surface area contributed by atoms with Gasteiger partial charge in [0.25, 0.3) is 0 Å². The monoisotopic (exact) mass is 259 g/mol. The summed E-state index contributed by atoms with van der Waals surface area (Å²) in [5.74, 6) is 0.879. The zero-order valence-electron chi connectivity index (χ0n) is 11.6. The van der Waals surface area contributed by atoms with Crippen LogP contribution in [0.25, 0.3) is 0 Å². The summed E-state index contributed by atoms with van der Waals surface area (Å²) in [4.78, 5) is 16.9. The van der Waals surface area contributed by atoms with Crippen molar-refractivity contribution in [3.8, 4) is 0 Å². The van der Waals surface area contributed by atoms with Gasteiger partial charge in [0.1, 0.15) is 0 Å². The lowest BCUT2D eigenvalue weighted by Crippen LogP contribution is -2.52. The van der Waals surface area contributed by atoms with Crippen LogP contribution >= 0.6 is 0 Å². The molecule has 102 valence electrons. The Labute approximate surface area is 114 Å². The Morgan fingerprint density at radius 1 is 1.26 bits per heavy atom. The van der Waals surface area contributed by atoms with E-state index < -0.39 is 0 Å². The van der Waals surface area contributed by atoms with Crippen molar-refractivity contribution in [3.05, 3.63) is 24.3 Å². The molecule has 1 N–H and O–H groups in total. The summed E-state index contributed by atoms with van der Waals surface area (Å²) in [6.07, 6.45) is 0. The van der Waals surface area contributed by atoms with Gasteiger partial charge in [0.05, 0.1) is 11.4 Å². The van der Waals surface area contributed by atoms with Gasteiger partial charge in [-0.3, -0.25) is 4.79 Å². The fourth-order valence-electron chi connectivity index (χ4n) is 2.85. The first-order chi connectivity index (χ1) is 9.18. The van der Waals surface area contributed by atoms with Gasteiger partial charge in [0, 0.05) is 26.1 Å². The number of hydrogen-bond donors (Lipinski definition) is 1. The van der Waals surface area contributed by atoms with Crippen LogP contribution in [0.4, 0.5) is 11.4 Å². The highest BCUT2D eigenvalue weighted by atomic mass is 16.2. The highest BCUT2D eigenvalue weighted by Crippen LogP contribution is 2.33. The molecule has 0 aromatic heterocycles. The fraction of sp³-hybridized carbons (Fsp3) is 0.533. The maximum absolute atomic E-state index is 12.7. The second kappa shape index (κ2) is 4.85. The van der Waals surface area contributed by atoms with E-state index in [-0.39, 0.29) is 11.8 Å². The number of benzene rings is 1. The molecule has 4 heteroatoms. The van der Waals surface area contributed by atoms with Crippen LogP contribution in [-0.4, -0.2) is 39.1 Å². The standard InChI is InChI=1S/C15H21N3O/c1-11(12-9-16-10-12)15(19)18-8-7-17(2)13-5-3-4-6-14(13)18/h3-6,11-12,16H,7-10H2,1-2H3. The zero-order chi connectivity index (χ0) is 13.4. The molecule has 2 aliphatic rings. The Hall–Kier alpha value is -1.55. The summed E-state index contributed by atoms with van der Waals surface area (Å²) < 4.78 is 0. The lowest BCUT2D eigenvalue weighted by Gasteiger charge is -2.39. The molecule has 19 heavy (non-hydrogen) atoms. The van der Waals surface area contributed by atoms with Gasteiger partial charge in [-0.05, 0) is 31.1 Å². The average molecular weight is 259 g/mol. The van der Waals surface area contributed by atoms with Crippen LogP contribution in [-0.2, 0) is 4.79 Å². The van der Waals surface area contributed by atoms with Crippen LogP contribution in [0.2, 0.25) is 0 Å². The van der Waals surface area contributed by atoms with Crippen molar-refractivity contribution in [1.29, 1.82) is 0 Å². The summed E-state index contributed by atoms with van der Waals surface area (Å²) in [7, 11) is 2.08. The molecule has 2 heterocycles. The van der Waals surface area contributed by atoms with Gasteiger partial charge in [-0.1, -0.05) is 19.1 Å². The topological polar surface area (TPSA) is 35.6 Å². The highest BCUT2D eigenvalue weighted by Gasteiger charge is 2.34. The van der Waals surface area contributed by atoms with E-state index in [2.05, 4.69) is 36.3 Å². The Kier molecular flexibility index (Phi) is 3.19. The third kappa shape index (κ3) is 2.10. The van der Waals surface area contributed by atoms with Crippen molar-refractivity contribution >= 4 is 17.3 Å². The third-order valence-corrected chi connectivity index (χ3v) is 4.42. The van der Waals surface area contributed by atoms with Crippen molar-refractivity contribution in [2.75, 3.05) is 43.0 Å². The SMILES string of the molecule is CC(C(=O)N1CCN(C)c2ccccc21)C1CNC1. The minimum absolute atomic E-state index is 0.109. The maximum Gasteiger partial charge on any atom is 0.230 e. The van der Waals surface area contributed by atoms with Crippen LogP contribution in [0.5, 0.6) is 0 Å². The molecular formula is C15H21N3O. The average Bonchev–Trinajstić information content (AvgIpc) is 2.37. The molecule has 2 aliphatic heterocycles. The second-order valence-electron chi connectivity index (χ2n) is 5.61. The van der Waals surface area contributed by atoms with Crippen molar-refractivity contribution < 1.29 is 4.79 Å². The largest absolute Gasteiger partial charge is 0.371 e. The molecule has 1 aromatic carbocycles. The lowest BCUT2D eigenvalue weighted by atomic mass is 9.87. The van der Waals surface area contributed by atoms with E-state index in [4.69, 9.17) is 0 Å². The summed E-state index contributed by atoms with van der Waals surface area (Å²) >= 11 is 0. The van der Waals surface area contributed by atoms with Crippen molar-refractivity contribution in [2.24, 2.45) is 11.8 Å². The number of rotatable bonds is 2. The van der Waals surface area contributed by atoms with Crippen LogP contribution in [0.3, 0.4) is 0 Å². The van der Waals surface area contributed by atoms with Gasteiger partial charge in [-0.15, -0.1) is 0 Å². The van der Waals surface area contributed by atoms with Crippen molar-refractivity contribution in [1.82, 2.24) is 5.32 Å². The highest BCUT2D eigenvalue weighted by molar-refractivity contribution is 5.99. The minimum atomic E-state index is 0.109. The number of anilines is 2. The van der Waals surface area contributed by atoms with E-state index in [0.717, 1.165) is 37.6 Å². The smallest absolute Gasteiger partial charge is 0.230 e. The number of carbonyl (C=O) groups excluding carboxylic acids is 1. The molecule has 0 aliphatic carbocycles. The van der Waals surface area contributed by atoms with Gasteiger partial charge < -0.3 is 15.1 Å². The maximum atomic E-state index is 12.7. The van der Waals surface area contributed by atoms with Crippen LogP contribution < -0.4 is 15.1 Å². The normalized spacial score (nSPS) is 20.7. The number of para-hydroxylation sites is 2. The number of carbonyl (C=O) groups is 1. The predicted molar refractivity (Wildman–Crippen MR) is 77.6 cm³/mol. The Morgan fingerprint density at radius 2 is 1.95 bits per heavy atom. The molecule has 1 saturated heterocycles. The summed E-state index contributed by atoms with van der Waals surface area (Å²) in [6.45, 7) is 5.70.